The lowest BCUT2D eigenvalue weighted by Gasteiger charge is -2.39. The maximum atomic E-state index is 12.8. The molecule has 2 atom stereocenters. The minimum atomic E-state index is -0.627. The fourth-order valence-electron chi connectivity index (χ4n) is 3.87. The molecule has 3 aliphatic rings. The van der Waals surface area contributed by atoms with Crippen molar-refractivity contribution in [1.82, 2.24) is 19.6 Å². The summed E-state index contributed by atoms with van der Waals surface area (Å²) in [7, 11) is 3.09. The van der Waals surface area contributed by atoms with E-state index in [2.05, 4.69) is 4.99 Å². The highest BCUT2D eigenvalue weighted by atomic mass is 16.5. The molecular weight excluding hydrogens is 374 g/mol. The zero-order valence-electron chi connectivity index (χ0n) is 16.8. The number of urea groups is 1. The largest absolute Gasteiger partial charge is 0.459 e. The molecule has 4 rings (SSSR count). The number of carbonyl (C=O) groups excluding carboxylic acids is 3. The zero-order chi connectivity index (χ0) is 20.9. The number of aliphatic imine (C=N–C) groups is 1. The summed E-state index contributed by atoms with van der Waals surface area (Å²) in [5.74, 6) is -0.208. The molecule has 9 heteroatoms. The van der Waals surface area contributed by atoms with Crippen LogP contribution in [0.2, 0.25) is 0 Å². The number of carbonyl (C=O) groups is 3. The number of benzene rings is 1. The first-order valence-corrected chi connectivity index (χ1v) is 9.37. The lowest BCUT2D eigenvalue weighted by atomic mass is 10.1. The lowest BCUT2D eigenvalue weighted by Crippen LogP contribution is -2.63. The molecule has 0 bridgehead atoms. The average molecular weight is 397 g/mol. The van der Waals surface area contributed by atoms with Crippen LogP contribution in [0, 0.1) is 0 Å². The van der Waals surface area contributed by atoms with Crippen LogP contribution >= 0.6 is 0 Å². The van der Waals surface area contributed by atoms with Gasteiger partial charge in [-0.2, -0.15) is 0 Å². The number of nitrogens with zero attached hydrogens (tertiary/aromatic N) is 5. The van der Waals surface area contributed by atoms with Crippen LogP contribution in [0.1, 0.15) is 19.4 Å². The molecule has 0 N–H and O–H groups in total. The first kappa shape index (κ1) is 19.0. The van der Waals surface area contributed by atoms with E-state index < -0.39 is 24.2 Å². The number of likely N-dealkylation sites (N-methyl/N-ethyl adjacent to an activating group) is 2. The predicted molar refractivity (Wildman–Crippen MR) is 104 cm³/mol. The molecule has 0 spiro atoms. The Hall–Kier alpha value is -3.36. The highest BCUT2D eigenvalue weighted by molar-refractivity contribution is 6.05. The highest BCUT2D eigenvalue weighted by Gasteiger charge is 2.55. The standard InChI is InChI=1S/C20H23N5O4/c1-12-13(2)25-16-17(22(3)20(28)23(4)18(16)27)21-19(25)24(12)10-15(26)29-11-14-8-6-5-7-9-14/h5-9,16-17H,10-11H2,1-4H3. The van der Waals surface area contributed by atoms with Crippen molar-refractivity contribution in [3.63, 3.8) is 0 Å². The first-order valence-electron chi connectivity index (χ1n) is 9.37. The molecule has 9 nitrogen and oxygen atoms in total. The molecule has 3 aliphatic heterocycles. The van der Waals surface area contributed by atoms with E-state index in [1.165, 1.54) is 11.9 Å². The number of imide groups is 1. The second-order valence-corrected chi connectivity index (χ2v) is 7.35. The third-order valence-electron chi connectivity index (χ3n) is 5.65. The van der Waals surface area contributed by atoms with Crippen molar-refractivity contribution in [2.24, 2.45) is 4.99 Å². The van der Waals surface area contributed by atoms with Gasteiger partial charge in [-0.25, -0.2) is 9.79 Å². The number of fused-ring (bicyclic) bond motifs is 3. The van der Waals surface area contributed by atoms with Gasteiger partial charge in [0.15, 0.2) is 12.2 Å². The Morgan fingerprint density at radius 1 is 1.10 bits per heavy atom. The van der Waals surface area contributed by atoms with E-state index in [9.17, 15) is 14.4 Å². The van der Waals surface area contributed by atoms with Crippen molar-refractivity contribution in [3.05, 3.63) is 47.3 Å². The average Bonchev–Trinajstić information content (AvgIpc) is 3.22. The zero-order valence-corrected chi connectivity index (χ0v) is 16.8. The summed E-state index contributed by atoms with van der Waals surface area (Å²) in [4.78, 5) is 48.2. The van der Waals surface area contributed by atoms with Gasteiger partial charge in [-0.05, 0) is 19.4 Å². The summed E-state index contributed by atoms with van der Waals surface area (Å²) in [6.45, 7) is 3.93. The molecule has 2 unspecified atom stereocenters. The summed E-state index contributed by atoms with van der Waals surface area (Å²) in [5.41, 5.74) is 2.57. The molecule has 1 aromatic rings. The number of guanidine groups is 1. The molecule has 1 saturated heterocycles. The lowest BCUT2D eigenvalue weighted by molar-refractivity contribution is -0.145. The molecule has 152 valence electrons. The number of esters is 1. The molecule has 3 heterocycles. The van der Waals surface area contributed by atoms with Crippen molar-refractivity contribution in [2.45, 2.75) is 32.7 Å². The summed E-state index contributed by atoms with van der Waals surface area (Å²) >= 11 is 0. The summed E-state index contributed by atoms with van der Waals surface area (Å²) in [6, 6.07) is 8.44. The van der Waals surface area contributed by atoms with Crippen LogP contribution in [-0.4, -0.2) is 76.3 Å². The van der Waals surface area contributed by atoms with E-state index in [0.29, 0.717) is 5.96 Å². The topological polar surface area (TPSA) is 85.8 Å². The van der Waals surface area contributed by atoms with E-state index in [0.717, 1.165) is 21.9 Å². The summed E-state index contributed by atoms with van der Waals surface area (Å²) < 4.78 is 5.40. The fourth-order valence-corrected chi connectivity index (χ4v) is 3.87. The van der Waals surface area contributed by atoms with E-state index in [1.54, 1.807) is 11.9 Å². The van der Waals surface area contributed by atoms with Crippen molar-refractivity contribution < 1.29 is 19.1 Å². The van der Waals surface area contributed by atoms with Gasteiger partial charge >= 0.3 is 12.0 Å². The minimum Gasteiger partial charge on any atom is -0.459 e. The third kappa shape index (κ3) is 2.93. The predicted octanol–water partition coefficient (Wildman–Crippen LogP) is 1.19. The van der Waals surface area contributed by atoms with Gasteiger partial charge in [0.1, 0.15) is 13.2 Å². The van der Waals surface area contributed by atoms with Crippen molar-refractivity contribution in [3.8, 4) is 0 Å². The Balaban J connectivity index is 1.53. The third-order valence-corrected chi connectivity index (χ3v) is 5.65. The quantitative estimate of drug-likeness (QED) is 0.710. The van der Waals surface area contributed by atoms with E-state index in [4.69, 9.17) is 4.74 Å². The Morgan fingerprint density at radius 2 is 1.79 bits per heavy atom. The van der Waals surface area contributed by atoms with Crippen LogP contribution in [-0.2, 0) is 20.9 Å². The SMILES string of the molecule is CC1=C(C)N2C(=NC3C2C(=O)N(C)C(=O)N3C)N1CC(=O)OCc1ccccc1. The van der Waals surface area contributed by atoms with Crippen molar-refractivity contribution in [1.29, 1.82) is 0 Å². The first-order chi connectivity index (χ1) is 13.8. The van der Waals surface area contributed by atoms with Crippen LogP contribution in [0.25, 0.3) is 0 Å². The van der Waals surface area contributed by atoms with E-state index in [-0.39, 0.29) is 19.1 Å². The molecule has 3 amide bonds. The maximum absolute atomic E-state index is 12.8. The molecule has 1 fully saturated rings. The Bertz CT molecular complexity index is 941. The number of hydrogen-bond acceptors (Lipinski definition) is 7. The van der Waals surface area contributed by atoms with Crippen molar-refractivity contribution >= 4 is 23.9 Å². The molecule has 1 aromatic carbocycles. The highest BCUT2D eigenvalue weighted by Crippen LogP contribution is 2.37. The van der Waals surface area contributed by atoms with Crippen LogP contribution in [0.15, 0.2) is 46.7 Å². The van der Waals surface area contributed by atoms with Gasteiger partial charge in [0.05, 0.1) is 0 Å². The molecule has 0 saturated carbocycles. The van der Waals surface area contributed by atoms with Crippen LogP contribution in [0.3, 0.4) is 0 Å². The minimum absolute atomic E-state index is 0.0214. The smallest absolute Gasteiger partial charge is 0.328 e. The van der Waals surface area contributed by atoms with Gasteiger partial charge < -0.3 is 14.5 Å². The molecule has 29 heavy (non-hydrogen) atoms. The van der Waals surface area contributed by atoms with Crippen molar-refractivity contribution in [2.75, 3.05) is 20.6 Å². The Morgan fingerprint density at radius 3 is 2.48 bits per heavy atom. The number of ether oxygens (including phenoxy) is 1. The molecular formula is C20H23N5O4. The summed E-state index contributed by atoms with van der Waals surface area (Å²) in [5, 5.41) is 0. The second kappa shape index (κ2) is 6.91. The Labute approximate surface area is 168 Å². The molecule has 0 aromatic heterocycles. The number of hydrogen-bond donors (Lipinski definition) is 0. The van der Waals surface area contributed by atoms with E-state index >= 15 is 0 Å². The van der Waals surface area contributed by atoms with E-state index in [1.807, 2.05) is 49.1 Å². The number of rotatable bonds is 4. The number of amides is 3. The summed E-state index contributed by atoms with van der Waals surface area (Å²) in [6.07, 6.45) is -0.618. The van der Waals surface area contributed by atoms with Crippen LogP contribution in [0.4, 0.5) is 4.79 Å². The number of allylic oxidation sites excluding steroid dienone is 2. The van der Waals surface area contributed by atoms with Crippen LogP contribution in [0.5, 0.6) is 0 Å². The van der Waals surface area contributed by atoms with Gasteiger partial charge in [-0.15, -0.1) is 0 Å². The van der Waals surface area contributed by atoms with Gasteiger partial charge in [0.2, 0.25) is 5.96 Å². The van der Waals surface area contributed by atoms with Crippen LogP contribution < -0.4 is 0 Å². The van der Waals surface area contributed by atoms with Gasteiger partial charge in [0, 0.05) is 25.5 Å². The maximum Gasteiger partial charge on any atom is 0.328 e. The van der Waals surface area contributed by atoms with Gasteiger partial charge in [-0.3, -0.25) is 19.4 Å². The fraction of sp³-hybridized carbons (Fsp3) is 0.400. The monoisotopic (exact) mass is 397 g/mol. The van der Waals surface area contributed by atoms with Gasteiger partial charge in [0.25, 0.3) is 5.91 Å². The Kier molecular flexibility index (Phi) is 4.52. The normalized spacial score (nSPS) is 23.5. The van der Waals surface area contributed by atoms with Gasteiger partial charge in [-0.1, -0.05) is 30.3 Å². The molecule has 0 aliphatic carbocycles. The molecule has 0 radical (unpaired) electrons. The second-order valence-electron chi connectivity index (χ2n) is 7.35.